The SMILES string of the molecule is Cc1cc(Br)c(C(Cl)C2COc3ccccc3O2)s1. The minimum Gasteiger partial charge on any atom is -0.486 e. The van der Waals surface area contributed by atoms with Crippen LogP contribution < -0.4 is 9.47 Å². The molecule has 2 nitrogen and oxygen atoms in total. The molecule has 1 aromatic heterocycles. The first kappa shape index (κ1) is 13.3. The topological polar surface area (TPSA) is 18.5 Å². The van der Waals surface area contributed by atoms with Gasteiger partial charge in [0.15, 0.2) is 17.6 Å². The van der Waals surface area contributed by atoms with Gasteiger partial charge in [-0.3, -0.25) is 0 Å². The third-order valence-electron chi connectivity index (χ3n) is 2.94. The molecule has 2 aromatic rings. The van der Waals surface area contributed by atoms with E-state index in [1.807, 2.05) is 24.3 Å². The molecule has 1 aromatic carbocycles. The second kappa shape index (κ2) is 5.35. The molecule has 0 spiro atoms. The van der Waals surface area contributed by atoms with E-state index in [0.717, 1.165) is 20.8 Å². The first-order chi connectivity index (χ1) is 9.15. The van der Waals surface area contributed by atoms with Crippen molar-refractivity contribution in [1.29, 1.82) is 0 Å². The lowest BCUT2D eigenvalue weighted by Gasteiger charge is -2.29. The van der Waals surface area contributed by atoms with E-state index in [1.54, 1.807) is 11.3 Å². The van der Waals surface area contributed by atoms with Gasteiger partial charge in [-0.05, 0) is 41.1 Å². The number of halogens is 2. The minimum absolute atomic E-state index is 0.175. The van der Waals surface area contributed by atoms with Gasteiger partial charge in [0.2, 0.25) is 0 Å². The Labute approximate surface area is 129 Å². The monoisotopic (exact) mass is 358 g/mol. The van der Waals surface area contributed by atoms with Gasteiger partial charge in [-0.1, -0.05) is 12.1 Å². The molecule has 0 aliphatic carbocycles. The van der Waals surface area contributed by atoms with Crippen molar-refractivity contribution in [2.75, 3.05) is 6.61 Å². The Morgan fingerprint density at radius 2 is 2.11 bits per heavy atom. The lowest BCUT2D eigenvalue weighted by Crippen LogP contribution is -2.32. The van der Waals surface area contributed by atoms with Gasteiger partial charge in [-0.25, -0.2) is 0 Å². The van der Waals surface area contributed by atoms with Crippen LogP contribution in [-0.2, 0) is 0 Å². The molecule has 0 N–H and O–H groups in total. The van der Waals surface area contributed by atoms with Gasteiger partial charge in [0, 0.05) is 14.2 Å². The van der Waals surface area contributed by atoms with Crippen molar-refractivity contribution in [3.63, 3.8) is 0 Å². The number of rotatable bonds is 2. The molecule has 2 unspecified atom stereocenters. The van der Waals surface area contributed by atoms with Crippen LogP contribution in [-0.4, -0.2) is 12.7 Å². The molecule has 0 saturated heterocycles. The van der Waals surface area contributed by atoms with Gasteiger partial charge in [-0.15, -0.1) is 22.9 Å². The molecule has 0 radical (unpaired) electrons. The summed E-state index contributed by atoms with van der Waals surface area (Å²) in [7, 11) is 0. The third kappa shape index (κ3) is 2.62. The highest BCUT2D eigenvalue weighted by molar-refractivity contribution is 9.10. The molecule has 1 aliphatic heterocycles. The van der Waals surface area contributed by atoms with Crippen molar-refractivity contribution in [1.82, 2.24) is 0 Å². The summed E-state index contributed by atoms with van der Waals surface area (Å²) in [6.07, 6.45) is -0.175. The maximum Gasteiger partial charge on any atom is 0.161 e. The maximum absolute atomic E-state index is 6.55. The van der Waals surface area contributed by atoms with E-state index in [-0.39, 0.29) is 11.5 Å². The summed E-state index contributed by atoms with van der Waals surface area (Å²) in [6.45, 7) is 2.53. The molecule has 3 rings (SSSR count). The van der Waals surface area contributed by atoms with Gasteiger partial charge in [-0.2, -0.15) is 0 Å². The van der Waals surface area contributed by atoms with E-state index in [4.69, 9.17) is 21.1 Å². The average Bonchev–Trinajstić information content (AvgIpc) is 2.76. The lowest BCUT2D eigenvalue weighted by atomic mass is 10.2. The predicted octanol–water partition coefficient (Wildman–Crippen LogP) is 4.94. The molecule has 0 bridgehead atoms. The highest BCUT2D eigenvalue weighted by Crippen LogP contribution is 2.41. The summed E-state index contributed by atoms with van der Waals surface area (Å²) in [5.74, 6) is 1.54. The van der Waals surface area contributed by atoms with Crippen molar-refractivity contribution < 1.29 is 9.47 Å². The molecule has 5 heteroatoms. The molecule has 0 saturated carbocycles. The standard InChI is InChI=1S/C14H12BrClO2S/c1-8-6-9(15)14(19-8)13(16)12-7-17-10-4-2-3-5-11(10)18-12/h2-6,12-13H,7H2,1H3. The van der Waals surface area contributed by atoms with Crippen LogP contribution in [0.25, 0.3) is 0 Å². The molecule has 2 heterocycles. The number of para-hydroxylation sites is 2. The van der Waals surface area contributed by atoms with Crippen LogP contribution in [0, 0.1) is 6.92 Å². The smallest absolute Gasteiger partial charge is 0.161 e. The van der Waals surface area contributed by atoms with Crippen molar-refractivity contribution in [3.05, 3.63) is 44.6 Å². The Morgan fingerprint density at radius 1 is 1.37 bits per heavy atom. The van der Waals surface area contributed by atoms with Crippen molar-refractivity contribution in [3.8, 4) is 11.5 Å². The van der Waals surface area contributed by atoms with Crippen molar-refractivity contribution in [2.24, 2.45) is 0 Å². The number of thiophene rings is 1. The molecule has 100 valence electrons. The van der Waals surface area contributed by atoms with Gasteiger partial charge < -0.3 is 9.47 Å². The fourth-order valence-corrected chi connectivity index (χ4v) is 4.47. The van der Waals surface area contributed by atoms with Crippen molar-refractivity contribution >= 4 is 38.9 Å². The molecular weight excluding hydrogens is 348 g/mol. The molecule has 0 fully saturated rings. The van der Waals surface area contributed by atoms with Gasteiger partial charge in [0.25, 0.3) is 0 Å². The van der Waals surface area contributed by atoms with E-state index in [2.05, 4.69) is 28.9 Å². The number of aryl methyl sites for hydroxylation is 1. The first-order valence-electron chi connectivity index (χ1n) is 5.93. The van der Waals surface area contributed by atoms with Crippen LogP contribution >= 0.6 is 38.9 Å². The summed E-state index contributed by atoms with van der Waals surface area (Å²) >= 11 is 11.8. The summed E-state index contributed by atoms with van der Waals surface area (Å²) in [6, 6.07) is 9.74. The summed E-state index contributed by atoms with van der Waals surface area (Å²) in [4.78, 5) is 2.32. The highest BCUT2D eigenvalue weighted by Gasteiger charge is 2.30. The zero-order chi connectivity index (χ0) is 13.4. The normalized spacial score (nSPS) is 19.2. The third-order valence-corrected chi connectivity index (χ3v) is 5.62. The van der Waals surface area contributed by atoms with Gasteiger partial charge >= 0.3 is 0 Å². The van der Waals surface area contributed by atoms with Crippen LogP contribution in [0.1, 0.15) is 15.1 Å². The van der Waals surface area contributed by atoms with E-state index in [0.29, 0.717) is 6.61 Å². The summed E-state index contributed by atoms with van der Waals surface area (Å²) < 4.78 is 12.7. The van der Waals surface area contributed by atoms with Gasteiger partial charge in [0.1, 0.15) is 12.0 Å². The second-order valence-corrected chi connectivity index (χ2v) is 7.00. The highest BCUT2D eigenvalue weighted by atomic mass is 79.9. The maximum atomic E-state index is 6.55. The number of hydrogen-bond donors (Lipinski definition) is 0. The van der Waals surface area contributed by atoms with Crippen LogP contribution in [0.3, 0.4) is 0 Å². The summed E-state index contributed by atoms with van der Waals surface area (Å²) in [5.41, 5.74) is 0. The van der Waals surface area contributed by atoms with E-state index in [1.165, 1.54) is 4.88 Å². The zero-order valence-electron chi connectivity index (χ0n) is 10.2. The fourth-order valence-electron chi connectivity index (χ4n) is 2.04. The van der Waals surface area contributed by atoms with Crippen LogP contribution in [0.2, 0.25) is 0 Å². The Balaban J connectivity index is 1.83. The van der Waals surface area contributed by atoms with Crippen molar-refractivity contribution in [2.45, 2.75) is 18.4 Å². The molecule has 1 aliphatic rings. The lowest BCUT2D eigenvalue weighted by molar-refractivity contribution is 0.0882. The average molecular weight is 360 g/mol. The first-order valence-corrected chi connectivity index (χ1v) is 7.98. The predicted molar refractivity (Wildman–Crippen MR) is 81.7 cm³/mol. The second-order valence-electron chi connectivity index (χ2n) is 4.39. The Bertz CT molecular complexity index is 599. The molecular formula is C14H12BrClO2S. The number of fused-ring (bicyclic) bond motifs is 1. The number of alkyl halides is 1. The van der Waals surface area contributed by atoms with Gasteiger partial charge in [0.05, 0.1) is 0 Å². The van der Waals surface area contributed by atoms with E-state index in [9.17, 15) is 0 Å². The molecule has 19 heavy (non-hydrogen) atoms. The Morgan fingerprint density at radius 3 is 2.79 bits per heavy atom. The fraction of sp³-hybridized carbons (Fsp3) is 0.286. The number of benzene rings is 1. The van der Waals surface area contributed by atoms with Crippen LogP contribution in [0.5, 0.6) is 11.5 Å². The largest absolute Gasteiger partial charge is 0.486 e. The molecule has 2 atom stereocenters. The quantitative estimate of drug-likeness (QED) is 0.707. The van der Waals surface area contributed by atoms with Crippen LogP contribution in [0.4, 0.5) is 0 Å². The zero-order valence-corrected chi connectivity index (χ0v) is 13.4. The van der Waals surface area contributed by atoms with E-state index >= 15 is 0 Å². The Kier molecular flexibility index (Phi) is 3.74. The van der Waals surface area contributed by atoms with E-state index < -0.39 is 0 Å². The number of ether oxygens (including phenoxy) is 2. The Hall–Kier alpha value is -0.710. The minimum atomic E-state index is -0.221. The van der Waals surface area contributed by atoms with Crippen LogP contribution in [0.15, 0.2) is 34.8 Å². The summed E-state index contributed by atoms with van der Waals surface area (Å²) in [5, 5.41) is -0.221. The number of hydrogen-bond acceptors (Lipinski definition) is 3. The molecule has 0 amide bonds.